The molecule has 162 valence electrons. The maximum absolute atomic E-state index is 12.6. The SMILES string of the molecule is Cc1ccc(OCCC(=N)N2CCC(NC(=O)c3nc4cc(Cl)ccc4s3)CC2)cc1. The lowest BCUT2D eigenvalue weighted by Gasteiger charge is -2.33. The molecule has 1 fully saturated rings. The summed E-state index contributed by atoms with van der Waals surface area (Å²) in [6, 6.07) is 13.5. The van der Waals surface area contributed by atoms with Crippen LogP contribution in [0.2, 0.25) is 5.02 Å². The van der Waals surface area contributed by atoms with Crippen molar-refractivity contribution in [3.63, 3.8) is 0 Å². The molecule has 0 aliphatic carbocycles. The quantitative estimate of drug-likeness (QED) is 0.408. The second-order valence-electron chi connectivity index (χ2n) is 7.72. The summed E-state index contributed by atoms with van der Waals surface area (Å²) in [6.07, 6.45) is 2.19. The molecule has 2 aromatic carbocycles. The zero-order chi connectivity index (χ0) is 21.8. The largest absolute Gasteiger partial charge is 0.493 e. The lowest BCUT2D eigenvalue weighted by Crippen LogP contribution is -2.46. The fourth-order valence-electron chi connectivity index (χ4n) is 3.60. The Morgan fingerprint density at radius 1 is 1.26 bits per heavy atom. The highest BCUT2D eigenvalue weighted by atomic mass is 35.5. The maximum Gasteiger partial charge on any atom is 0.280 e. The molecule has 6 nitrogen and oxygen atoms in total. The topological polar surface area (TPSA) is 78.3 Å². The second-order valence-corrected chi connectivity index (χ2v) is 9.19. The number of fused-ring (bicyclic) bond motifs is 1. The van der Waals surface area contributed by atoms with Gasteiger partial charge in [0, 0.05) is 30.6 Å². The number of nitrogens with zero attached hydrogens (tertiary/aromatic N) is 2. The highest BCUT2D eigenvalue weighted by Crippen LogP contribution is 2.25. The number of thiazole rings is 1. The number of amidine groups is 1. The predicted molar refractivity (Wildman–Crippen MR) is 126 cm³/mol. The van der Waals surface area contributed by atoms with Gasteiger partial charge in [-0.25, -0.2) is 4.98 Å². The van der Waals surface area contributed by atoms with Gasteiger partial charge in [-0.3, -0.25) is 10.2 Å². The fraction of sp³-hybridized carbons (Fsp3) is 0.348. The van der Waals surface area contributed by atoms with Crippen LogP contribution in [0.15, 0.2) is 42.5 Å². The van der Waals surface area contributed by atoms with Crippen molar-refractivity contribution < 1.29 is 9.53 Å². The van der Waals surface area contributed by atoms with Gasteiger partial charge in [0.2, 0.25) is 0 Å². The van der Waals surface area contributed by atoms with Crippen molar-refractivity contribution in [2.45, 2.75) is 32.2 Å². The monoisotopic (exact) mass is 456 g/mol. The smallest absolute Gasteiger partial charge is 0.280 e. The van der Waals surface area contributed by atoms with Crippen LogP contribution in [0, 0.1) is 12.3 Å². The minimum atomic E-state index is -0.141. The summed E-state index contributed by atoms with van der Waals surface area (Å²) in [5.74, 6) is 1.27. The van der Waals surface area contributed by atoms with Crippen molar-refractivity contribution in [1.82, 2.24) is 15.2 Å². The lowest BCUT2D eigenvalue weighted by molar-refractivity contribution is 0.0922. The first-order chi connectivity index (χ1) is 15.0. The maximum atomic E-state index is 12.6. The van der Waals surface area contributed by atoms with E-state index in [1.165, 1.54) is 16.9 Å². The van der Waals surface area contributed by atoms with E-state index in [1.54, 1.807) is 12.1 Å². The van der Waals surface area contributed by atoms with Crippen molar-refractivity contribution in [3.8, 4) is 5.75 Å². The van der Waals surface area contributed by atoms with Crippen molar-refractivity contribution >= 4 is 44.9 Å². The van der Waals surface area contributed by atoms with Crippen LogP contribution in [0.1, 0.15) is 34.6 Å². The van der Waals surface area contributed by atoms with Gasteiger partial charge in [-0.1, -0.05) is 29.3 Å². The van der Waals surface area contributed by atoms with E-state index < -0.39 is 0 Å². The predicted octanol–water partition coefficient (Wildman–Crippen LogP) is 4.90. The van der Waals surface area contributed by atoms with Gasteiger partial charge >= 0.3 is 0 Å². The highest BCUT2D eigenvalue weighted by molar-refractivity contribution is 7.20. The molecule has 2 heterocycles. The van der Waals surface area contributed by atoms with Gasteiger partial charge in [-0.15, -0.1) is 11.3 Å². The first kappa shape index (κ1) is 21.6. The second kappa shape index (κ2) is 9.66. The summed E-state index contributed by atoms with van der Waals surface area (Å²) in [7, 11) is 0. The minimum absolute atomic E-state index is 0.0935. The number of hydrogen-bond donors (Lipinski definition) is 2. The standard InChI is InChI=1S/C23H25ClN4O2S/c1-15-2-5-18(6-3-15)30-13-10-21(25)28-11-8-17(9-12-28)26-22(29)23-27-19-14-16(24)4-7-20(19)31-23/h2-7,14,17,25H,8-13H2,1H3,(H,26,29). The van der Waals surface area contributed by atoms with E-state index in [0.29, 0.717) is 28.9 Å². The Labute approximate surface area is 190 Å². The lowest BCUT2D eigenvalue weighted by atomic mass is 10.0. The minimum Gasteiger partial charge on any atom is -0.493 e. The number of aryl methyl sites for hydroxylation is 1. The van der Waals surface area contributed by atoms with E-state index in [9.17, 15) is 4.79 Å². The molecule has 8 heteroatoms. The van der Waals surface area contributed by atoms with Crippen LogP contribution in [0.4, 0.5) is 0 Å². The van der Waals surface area contributed by atoms with Gasteiger partial charge in [0.05, 0.1) is 22.7 Å². The number of piperidine rings is 1. The number of aromatic nitrogens is 1. The molecule has 3 aromatic rings. The number of halogens is 1. The molecule has 1 aliphatic heterocycles. The van der Waals surface area contributed by atoms with Gasteiger partial charge in [0.15, 0.2) is 5.01 Å². The molecule has 0 atom stereocenters. The van der Waals surface area contributed by atoms with Crippen LogP contribution in [0.25, 0.3) is 10.2 Å². The van der Waals surface area contributed by atoms with E-state index in [4.69, 9.17) is 21.7 Å². The Bertz CT molecular complexity index is 1070. The Balaban J connectivity index is 1.21. The van der Waals surface area contributed by atoms with Crippen LogP contribution in [-0.4, -0.2) is 47.4 Å². The van der Waals surface area contributed by atoms with Crippen molar-refractivity contribution in [1.29, 1.82) is 5.41 Å². The molecule has 0 bridgehead atoms. The third kappa shape index (κ3) is 5.54. The molecule has 0 radical (unpaired) electrons. The number of ether oxygens (including phenoxy) is 1. The number of hydrogen-bond acceptors (Lipinski definition) is 5. The first-order valence-corrected chi connectivity index (χ1v) is 11.6. The number of carbonyl (C=O) groups excluding carboxylic acids is 1. The molecule has 0 saturated carbocycles. The van der Waals surface area contributed by atoms with Crippen LogP contribution < -0.4 is 10.1 Å². The van der Waals surface area contributed by atoms with Crippen LogP contribution in [-0.2, 0) is 0 Å². The Hall–Kier alpha value is -2.64. The van der Waals surface area contributed by atoms with E-state index in [0.717, 1.165) is 41.9 Å². The summed E-state index contributed by atoms with van der Waals surface area (Å²) >= 11 is 7.38. The number of amides is 1. The van der Waals surface area contributed by atoms with Crippen molar-refractivity contribution in [2.75, 3.05) is 19.7 Å². The third-order valence-corrected chi connectivity index (χ3v) is 6.65. The summed E-state index contributed by atoms with van der Waals surface area (Å²) in [6.45, 7) is 4.04. The molecule has 0 unspecified atom stereocenters. The fourth-order valence-corrected chi connectivity index (χ4v) is 4.61. The van der Waals surface area contributed by atoms with Gasteiger partial charge in [-0.2, -0.15) is 0 Å². The zero-order valence-electron chi connectivity index (χ0n) is 17.4. The van der Waals surface area contributed by atoms with E-state index in [1.807, 2.05) is 37.3 Å². The number of likely N-dealkylation sites (tertiary alicyclic amines) is 1. The van der Waals surface area contributed by atoms with Crippen LogP contribution >= 0.6 is 22.9 Å². The summed E-state index contributed by atoms with van der Waals surface area (Å²) < 4.78 is 6.69. The Kier molecular flexibility index (Phi) is 6.73. The molecule has 1 saturated heterocycles. The van der Waals surface area contributed by atoms with E-state index >= 15 is 0 Å². The number of carbonyl (C=O) groups is 1. The van der Waals surface area contributed by atoms with Gasteiger partial charge < -0.3 is 15.0 Å². The van der Waals surface area contributed by atoms with Gasteiger partial charge in [0.1, 0.15) is 5.75 Å². The number of benzene rings is 2. The highest BCUT2D eigenvalue weighted by Gasteiger charge is 2.23. The molecule has 31 heavy (non-hydrogen) atoms. The molecule has 2 N–H and O–H groups in total. The third-order valence-electron chi connectivity index (χ3n) is 5.38. The van der Waals surface area contributed by atoms with E-state index in [-0.39, 0.29) is 11.9 Å². The average molecular weight is 457 g/mol. The van der Waals surface area contributed by atoms with Crippen LogP contribution in [0.3, 0.4) is 0 Å². The molecular weight excluding hydrogens is 432 g/mol. The van der Waals surface area contributed by atoms with Crippen molar-refractivity contribution in [2.24, 2.45) is 0 Å². The van der Waals surface area contributed by atoms with Gasteiger partial charge in [-0.05, 0) is 50.1 Å². The first-order valence-electron chi connectivity index (χ1n) is 10.4. The number of nitrogens with one attached hydrogen (secondary N) is 2. The molecule has 0 spiro atoms. The zero-order valence-corrected chi connectivity index (χ0v) is 18.9. The normalized spacial score (nSPS) is 14.6. The number of rotatable bonds is 6. The summed E-state index contributed by atoms with van der Waals surface area (Å²) in [5.41, 5.74) is 1.95. The molecular formula is C23H25ClN4O2S. The molecule has 1 aliphatic rings. The van der Waals surface area contributed by atoms with E-state index in [2.05, 4.69) is 15.2 Å². The van der Waals surface area contributed by atoms with Crippen LogP contribution in [0.5, 0.6) is 5.75 Å². The summed E-state index contributed by atoms with van der Waals surface area (Å²) in [4.78, 5) is 19.1. The molecule has 1 amide bonds. The Morgan fingerprint density at radius 2 is 2.00 bits per heavy atom. The molecule has 4 rings (SSSR count). The Morgan fingerprint density at radius 3 is 2.74 bits per heavy atom. The summed E-state index contributed by atoms with van der Waals surface area (Å²) in [5, 5.41) is 12.5. The van der Waals surface area contributed by atoms with Crippen molar-refractivity contribution in [3.05, 3.63) is 58.1 Å². The van der Waals surface area contributed by atoms with Gasteiger partial charge in [0.25, 0.3) is 5.91 Å². The average Bonchev–Trinajstić information content (AvgIpc) is 3.19. The molecule has 1 aromatic heterocycles.